The number of rotatable bonds is 2. The van der Waals surface area contributed by atoms with Gasteiger partial charge in [-0.15, -0.1) is 0 Å². The second-order valence-electron chi connectivity index (χ2n) is 3.31. The van der Waals surface area contributed by atoms with Crippen LogP contribution >= 0.6 is 0 Å². The smallest absolute Gasteiger partial charge is 0.292 e. The first-order chi connectivity index (χ1) is 7.70. The molecular formula is C10H11N5O. The van der Waals surface area contributed by atoms with Crippen molar-refractivity contribution in [2.24, 2.45) is 5.84 Å². The maximum absolute atomic E-state index is 11.6. The lowest BCUT2D eigenvalue weighted by molar-refractivity contribution is 0.858. The quantitative estimate of drug-likeness (QED) is 0.555. The number of aromatic nitrogens is 3. The van der Waals surface area contributed by atoms with Crippen molar-refractivity contribution in [1.29, 1.82) is 0 Å². The van der Waals surface area contributed by atoms with Crippen LogP contribution in [0.25, 0.3) is 5.69 Å². The van der Waals surface area contributed by atoms with Crippen molar-refractivity contribution < 1.29 is 0 Å². The zero-order chi connectivity index (χ0) is 11.5. The fraction of sp³-hybridized carbons (Fsp3) is 0.100. The zero-order valence-electron chi connectivity index (χ0n) is 8.71. The molecule has 0 saturated carbocycles. The van der Waals surface area contributed by atoms with Gasteiger partial charge in [-0.2, -0.15) is 4.98 Å². The van der Waals surface area contributed by atoms with Gasteiger partial charge >= 0.3 is 5.69 Å². The molecule has 0 aliphatic rings. The van der Waals surface area contributed by atoms with Gasteiger partial charge in [0.05, 0.1) is 5.69 Å². The molecule has 0 amide bonds. The van der Waals surface area contributed by atoms with Crippen LogP contribution in [0.15, 0.2) is 35.4 Å². The predicted molar refractivity (Wildman–Crippen MR) is 60.2 cm³/mol. The highest BCUT2D eigenvalue weighted by molar-refractivity contribution is 5.34. The second-order valence-corrected chi connectivity index (χ2v) is 3.31. The number of nitrogens with one attached hydrogen (secondary N) is 1. The molecule has 16 heavy (non-hydrogen) atoms. The monoisotopic (exact) mass is 217 g/mol. The molecule has 0 unspecified atom stereocenters. The van der Waals surface area contributed by atoms with Crippen molar-refractivity contribution in [3.63, 3.8) is 0 Å². The fourth-order valence-corrected chi connectivity index (χ4v) is 1.29. The Labute approximate surface area is 91.7 Å². The number of benzene rings is 1. The summed E-state index contributed by atoms with van der Waals surface area (Å²) < 4.78 is 1.35. The van der Waals surface area contributed by atoms with E-state index in [2.05, 4.69) is 15.4 Å². The number of anilines is 1. The molecule has 82 valence electrons. The second kappa shape index (κ2) is 4.11. The Hall–Kier alpha value is -2.21. The van der Waals surface area contributed by atoms with Crippen LogP contribution in [0.4, 0.5) is 5.95 Å². The van der Waals surface area contributed by atoms with Crippen LogP contribution in [0.5, 0.6) is 0 Å². The topological polar surface area (TPSA) is 85.8 Å². The molecule has 6 heteroatoms. The van der Waals surface area contributed by atoms with Crippen molar-refractivity contribution in [2.45, 2.75) is 6.92 Å². The third-order valence-electron chi connectivity index (χ3n) is 2.14. The Bertz CT molecular complexity index is 546. The molecule has 0 aliphatic heterocycles. The molecule has 0 atom stereocenters. The molecule has 3 N–H and O–H groups in total. The average molecular weight is 217 g/mol. The van der Waals surface area contributed by atoms with E-state index in [0.717, 1.165) is 11.3 Å². The van der Waals surface area contributed by atoms with Crippen LogP contribution in [0.1, 0.15) is 5.56 Å². The van der Waals surface area contributed by atoms with E-state index < -0.39 is 5.69 Å². The Balaban J connectivity index is 2.48. The molecule has 1 heterocycles. The summed E-state index contributed by atoms with van der Waals surface area (Å²) in [4.78, 5) is 19.1. The number of nitrogen functional groups attached to an aromatic ring is 1. The summed E-state index contributed by atoms with van der Waals surface area (Å²) in [5.41, 5.74) is 3.64. The number of hydrogen-bond acceptors (Lipinski definition) is 5. The molecule has 0 bridgehead atoms. The average Bonchev–Trinajstić information content (AvgIpc) is 2.30. The largest absolute Gasteiger partial charge is 0.356 e. The lowest BCUT2D eigenvalue weighted by atomic mass is 10.2. The van der Waals surface area contributed by atoms with Crippen molar-refractivity contribution in [1.82, 2.24) is 14.5 Å². The standard InChI is InChI=1S/C10H11N5O/c1-7-2-4-8(5-3-7)15-6-12-9(14-11)13-10(15)16/h2-6H,11H2,1H3,(H,13,14,16). The highest BCUT2D eigenvalue weighted by Gasteiger charge is 2.02. The van der Waals surface area contributed by atoms with E-state index in [-0.39, 0.29) is 5.95 Å². The van der Waals surface area contributed by atoms with Crippen LogP contribution in [0.2, 0.25) is 0 Å². The molecule has 2 aromatic rings. The summed E-state index contributed by atoms with van der Waals surface area (Å²) in [6.45, 7) is 1.98. The predicted octanol–water partition coefficient (Wildman–Crippen LogP) is 0.222. The van der Waals surface area contributed by atoms with Crippen molar-refractivity contribution in [2.75, 3.05) is 5.43 Å². The lowest BCUT2D eigenvalue weighted by Crippen LogP contribution is -2.24. The molecular weight excluding hydrogens is 206 g/mol. The van der Waals surface area contributed by atoms with Crippen LogP contribution in [-0.4, -0.2) is 14.5 Å². The molecule has 0 spiro atoms. The molecule has 0 saturated heterocycles. The minimum absolute atomic E-state index is 0.105. The first kappa shape index (κ1) is 10.3. The number of nitrogens with zero attached hydrogens (tertiary/aromatic N) is 3. The third-order valence-corrected chi connectivity index (χ3v) is 2.14. The molecule has 0 radical (unpaired) electrons. The van der Waals surface area contributed by atoms with Gasteiger partial charge in [-0.3, -0.25) is 9.99 Å². The maximum Gasteiger partial charge on any atom is 0.356 e. The summed E-state index contributed by atoms with van der Waals surface area (Å²) in [6.07, 6.45) is 1.38. The van der Waals surface area contributed by atoms with E-state index in [0.29, 0.717) is 0 Å². The van der Waals surface area contributed by atoms with E-state index in [1.165, 1.54) is 10.9 Å². The van der Waals surface area contributed by atoms with Gasteiger partial charge in [0.25, 0.3) is 0 Å². The minimum Gasteiger partial charge on any atom is -0.292 e. The van der Waals surface area contributed by atoms with Gasteiger partial charge in [0, 0.05) is 0 Å². The SMILES string of the molecule is Cc1ccc(-n2cnc(NN)nc2=O)cc1. The third kappa shape index (κ3) is 1.91. The highest BCUT2D eigenvalue weighted by atomic mass is 16.1. The van der Waals surface area contributed by atoms with Crippen LogP contribution in [0.3, 0.4) is 0 Å². The Morgan fingerprint density at radius 3 is 2.56 bits per heavy atom. The van der Waals surface area contributed by atoms with Crippen molar-refractivity contribution in [3.8, 4) is 5.69 Å². The summed E-state index contributed by atoms with van der Waals surface area (Å²) in [5.74, 6) is 5.21. The molecule has 1 aromatic carbocycles. The van der Waals surface area contributed by atoms with Crippen molar-refractivity contribution >= 4 is 5.95 Å². The maximum atomic E-state index is 11.6. The summed E-state index contributed by atoms with van der Waals surface area (Å²) in [7, 11) is 0. The number of aryl methyl sites for hydroxylation is 1. The molecule has 6 nitrogen and oxygen atoms in total. The van der Waals surface area contributed by atoms with Gasteiger partial charge in [0.15, 0.2) is 0 Å². The Morgan fingerprint density at radius 1 is 1.31 bits per heavy atom. The van der Waals surface area contributed by atoms with Crippen LogP contribution in [-0.2, 0) is 0 Å². The van der Waals surface area contributed by atoms with Crippen molar-refractivity contribution in [3.05, 3.63) is 46.6 Å². The minimum atomic E-state index is -0.424. The van der Waals surface area contributed by atoms with Gasteiger partial charge in [0.2, 0.25) is 5.95 Å². The molecule has 2 rings (SSSR count). The first-order valence-corrected chi connectivity index (χ1v) is 4.70. The van der Waals surface area contributed by atoms with Gasteiger partial charge in [-0.05, 0) is 19.1 Å². The van der Waals surface area contributed by atoms with Gasteiger partial charge < -0.3 is 0 Å². The number of hydrazine groups is 1. The van der Waals surface area contributed by atoms with Crippen LogP contribution < -0.4 is 17.0 Å². The summed E-state index contributed by atoms with van der Waals surface area (Å²) in [5, 5.41) is 0. The molecule has 0 fully saturated rings. The Morgan fingerprint density at radius 2 is 2.00 bits per heavy atom. The van der Waals surface area contributed by atoms with E-state index in [1.807, 2.05) is 31.2 Å². The normalized spacial score (nSPS) is 10.1. The zero-order valence-corrected chi connectivity index (χ0v) is 8.71. The van der Waals surface area contributed by atoms with Gasteiger partial charge in [-0.1, -0.05) is 17.7 Å². The van der Waals surface area contributed by atoms with Crippen LogP contribution in [0, 0.1) is 6.92 Å². The summed E-state index contributed by atoms with van der Waals surface area (Å²) in [6, 6.07) is 7.49. The Kier molecular flexibility index (Phi) is 2.65. The molecule has 0 aliphatic carbocycles. The van der Waals surface area contributed by atoms with E-state index in [1.54, 1.807) is 0 Å². The highest BCUT2D eigenvalue weighted by Crippen LogP contribution is 2.06. The lowest BCUT2D eigenvalue weighted by Gasteiger charge is -2.05. The van der Waals surface area contributed by atoms with Gasteiger partial charge in [0.1, 0.15) is 6.33 Å². The number of nitrogens with two attached hydrogens (primary N) is 1. The number of hydrogen-bond donors (Lipinski definition) is 2. The molecule has 1 aromatic heterocycles. The van der Waals surface area contributed by atoms with E-state index in [4.69, 9.17) is 5.84 Å². The summed E-state index contributed by atoms with van der Waals surface area (Å²) >= 11 is 0. The van der Waals surface area contributed by atoms with Gasteiger partial charge in [-0.25, -0.2) is 15.6 Å². The first-order valence-electron chi connectivity index (χ1n) is 4.70. The van der Waals surface area contributed by atoms with E-state index in [9.17, 15) is 4.79 Å². The van der Waals surface area contributed by atoms with E-state index >= 15 is 0 Å². The fourth-order valence-electron chi connectivity index (χ4n) is 1.29.